The van der Waals surface area contributed by atoms with E-state index in [2.05, 4.69) is 41.0 Å². The Morgan fingerprint density at radius 3 is 2.63 bits per heavy atom. The van der Waals surface area contributed by atoms with Gasteiger partial charge in [0, 0.05) is 29.7 Å². The van der Waals surface area contributed by atoms with Crippen molar-refractivity contribution in [1.82, 2.24) is 4.57 Å². The van der Waals surface area contributed by atoms with E-state index in [4.69, 9.17) is 4.74 Å². The van der Waals surface area contributed by atoms with E-state index in [1.807, 2.05) is 30.5 Å². The number of nitrogens with zero attached hydrogens (tertiary/aromatic N) is 1. The standard InChI is InChI=1S/C17H16NO/c1-2-6-15(7-3-1)14-19-13-12-18-11-10-16-8-4-5-9-17(16)18/h1-9,11H,12-14H2. The molecule has 0 amide bonds. The SMILES string of the molecule is [c]1cn(CCOCc2ccccc2)c2ccccc12. The van der Waals surface area contributed by atoms with Gasteiger partial charge in [-0.25, -0.2) is 0 Å². The smallest absolute Gasteiger partial charge is 0.0717 e. The lowest BCUT2D eigenvalue weighted by Crippen LogP contribution is -2.04. The highest BCUT2D eigenvalue weighted by atomic mass is 16.5. The molecule has 0 saturated heterocycles. The number of hydrogen-bond donors (Lipinski definition) is 0. The van der Waals surface area contributed by atoms with Gasteiger partial charge in [0.25, 0.3) is 0 Å². The van der Waals surface area contributed by atoms with E-state index >= 15 is 0 Å². The largest absolute Gasteiger partial charge is 0.375 e. The molecule has 0 unspecified atom stereocenters. The number of fused-ring (bicyclic) bond motifs is 1. The minimum absolute atomic E-state index is 0.670. The molecule has 3 aromatic rings. The maximum absolute atomic E-state index is 5.71. The van der Waals surface area contributed by atoms with Crippen molar-refractivity contribution >= 4 is 10.9 Å². The molecule has 3 rings (SSSR count). The van der Waals surface area contributed by atoms with Crippen molar-refractivity contribution in [2.75, 3.05) is 6.61 Å². The summed E-state index contributed by atoms with van der Waals surface area (Å²) in [6.07, 6.45) is 2.00. The van der Waals surface area contributed by atoms with Crippen LogP contribution in [-0.4, -0.2) is 11.2 Å². The second kappa shape index (κ2) is 5.72. The summed E-state index contributed by atoms with van der Waals surface area (Å²) in [7, 11) is 0. The fraction of sp³-hybridized carbons (Fsp3) is 0.176. The normalized spacial score (nSPS) is 10.9. The minimum Gasteiger partial charge on any atom is -0.375 e. The van der Waals surface area contributed by atoms with E-state index in [9.17, 15) is 0 Å². The molecule has 0 aliphatic carbocycles. The minimum atomic E-state index is 0.670. The summed E-state index contributed by atoms with van der Waals surface area (Å²) in [6, 6.07) is 21.8. The zero-order chi connectivity index (χ0) is 12.9. The van der Waals surface area contributed by atoms with Crippen molar-refractivity contribution < 1.29 is 4.74 Å². The van der Waals surface area contributed by atoms with Gasteiger partial charge < -0.3 is 9.30 Å². The van der Waals surface area contributed by atoms with Gasteiger partial charge in [0.05, 0.1) is 13.2 Å². The molecule has 0 spiro atoms. The molecular weight excluding hydrogens is 234 g/mol. The van der Waals surface area contributed by atoms with Gasteiger partial charge in [-0.15, -0.1) is 0 Å². The number of aromatic nitrogens is 1. The molecule has 2 nitrogen and oxygen atoms in total. The fourth-order valence-electron chi connectivity index (χ4n) is 2.18. The monoisotopic (exact) mass is 250 g/mol. The van der Waals surface area contributed by atoms with Gasteiger partial charge in [-0.05, 0) is 11.6 Å². The van der Waals surface area contributed by atoms with E-state index in [1.54, 1.807) is 0 Å². The van der Waals surface area contributed by atoms with Gasteiger partial charge in [-0.1, -0.05) is 48.5 Å². The van der Waals surface area contributed by atoms with E-state index < -0.39 is 0 Å². The van der Waals surface area contributed by atoms with Crippen molar-refractivity contribution in [2.45, 2.75) is 13.2 Å². The van der Waals surface area contributed by atoms with Crippen LogP contribution in [0.4, 0.5) is 0 Å². The Morgan fingerprint density at radius 2 is 1.74 bits per heavy atom. The number of rotatable bonds is 5. The first kappa shape index (κ1) is 12.0. The Hall–Kier alpha value is -2.06. The quantitative estimate of drug-likeness (QED) is 0.630. The molecular formula is C17H16NO. The molecule has 0 N–H and O–H groups in total. The van der Waals surface area contributed by atoms with Crippen molar-refractivity contribution in [1.29, 1.82) is 0 Å². The summed E-state index contributed by atoms with van der Waals surface area (Å²) < 4.78 is 7.89. The van der Waals surface area contributed by atoms with E-state index in [0.717, 1.165) is 11.9 Å². The molecule has 0 fully saturated rings. The van der Waals surface area contributed by atoms with Gasteiger partial charge in [0.2, 0.25) is 0 Å². The lowest BCUT2D eigenvalue weighted by atomic mass is 10.2. The maximum Gasteiger partial charge on any atom is 0.0717 e. The third kappa shape index (κ3) is 2.85. The summed E-state index contributed by atoms with van der Waals surface area (Å²) in [5, 5.41) is 1.16. The summed E-state index contributed by atoms with van der Waals surface area (Å²) in [5.41, 5.74) is 2.43. The Bertz CT molecular complexity index is 642. The van der Waals surface area contributed by atoms with Gasteiger partial charge in [-0.3, -0.25) is 0 Å². The predicted octanol–water partition coefficient (Wildman–Crippen LogP) is 3.66. The van der Waals surface area contributed by atoms with E-state index in [1.165, 1.54) is 11.1 Å². The molecule has 95 valence electrons. The van der Waals surface area contributed by atoms with Crippen LogP contribution in [-0.2, 0) is 17.9 Å². The topological polar surface area (TPSA) is 14.2 Å². The summed E-state index contributed by atoms with van der Waals surface area (Å²) in [4.78, 5) is 0. The molecule has 0 bridgehead atoms. The molecule has 0 aliphatic rings. The van der Waals surface area contributed by atoms with Crippen molar-refractivity contribution in [3.05, 3.63) is 72.4 Å². The summed E-state index contributed by atoms with van der Waals surface area (Å²) >= 11 is 0. The molecule has 0 aliphatic heterocycles. The third-order valence-corrected chi connectivity index (χ3v) is 3.18. The summed E-state index contributed by atoms with van der Waals surface area (Å²) in [5.74, 6) is 0. The van der Waals surface area contributed by atoms with Crippen LogP contribution in [0.5, 0.6) is 0 Å². The van der Waals surface area contributed by atoms with E-state index in [-0.39, 0.29) is 0 Å². The maximum atomic E-state index is 5.71. The Morgan fingerprint density at radius 1 is 0.947 bits per heavy atom. The Labute approximate surface area is 113 Å². The van der Waals surface area contributed by atoms with Gasteiger partial charge in [0.1, 0.15) is 0 Å². The molecule has 1 aromatic heterocycles. The highest BCUT2D eigenvalue weighted by Gasteiger charge is 2.00. The Balaban J connectivity index is 1.55. The van der Waals surface area contributed by atoms with Crippen molar-refractivity contribution in [2.24, 2.45) is 0 Å². The van der Waals surface area contributed by atoms with Gasteiger partial charge in [-0.2, -0.15) is 0 Å². The first-order valence-corrected chi connectivity index (χ1v) is 6.51. The number of benzene rings is 2. The molecule has 2 aromatic carbocycles. The first-order valence-electron chi connectivity index (χ1n) is 6.51. The average molecular weight is 250 g/mol. The average Bonchev–Trinajstić information content (AvgIpc) is 2.88. The van der Waals surface area contributed by atoms with Crippen LogP contribution in [0.2, 0.25) is 0 Å². The van der Waals surface area contributed by atoms with Crippen molar-refractivity contribution in [3.63, 3.8) is 0 Å². The van der Waals surface area contributed by atoms with Crippen LogP contribution >= 0.6 is 0 Å². The van der Waals surface area contributed by atoms with Crippen LogP contribution in [0.1, 0.15) is 5.56 Å². The number of para-hydroxylation sites is 1. The fourth-order valence-corrected chi connectivity index (χ4v) is 2.18. The van der Waals surface area contributed by atoms with Crippen molar-refractivity contribution in [3.8, 4) is 0 Å². The molecule has 19 heavy (non-hydrogen) atoms. The van der Waals surface area contributed by atoms with E-state index in [0.29, 0.717) is 13.2 Å². The molecule has 2 heteroatoms. The molecule has 0 atom stereocenters. The highest BCUT2D eigenvalue weighted by molar-refractivity contribution is 5.79. The zero-order valence-electron chi connectivity index (χ0n) is 10.8. The van der Waals surface area contributed by atoms with Crippen LogP contribution < -0.4 is 0 Å². The van der Waals surface area contributed by atoms with Gasteiger partial charge in [0.15, 0.2) is 0 Å². The third-order valence-electron chi connectivity index (χ3n) is 3.18. The zero-order valence-corrected chi connectivity index (χ0v) is 10.8. The van der Waals surface area contributed by atoms with Crippen LogP contribution in [0, 0.1) is 6.07 Å². The number of hydrogen-bond acceptors (Lipinski definition) is 1. The van der Waals surface area contributed by atoms with Crippen LogP contribution in [0.15, 0.2) is 60.8 Å². The lowest BCUT2D eigenvalue weighted by Gasteiger charge is -2.07. The second-order valence-electron chi connectivity index (χ2n) is 4.52. The molecule has 1 radical (unpaired) electrons. The molecule has 0 saturated carbocycles. The Kier molecular flexibility index (Phi) is 3.61. The van der Waals surface area contributed by atoms with Crippen LogP contribution in [0.25, 0.3) is 10.9 Å². The lowest BCUT2D eigenvalue weighted by molar-refractivity contribution is 0.114. The number of ether oxygens (including phenoxy) is 1. The van der Waals surface area contributed by atoms with Crippen LogP contribution in [0.3, 0.4) is 0 Å². The predicted molar refractivity (Wildman–Crippen MR) is 76.9 cm³/mol. The highest BCUT2D eigenvalue weighted by Crippen LogP contribution is 2.14. The second-order valence-corrected chi connectivity index (χ2v) is 4.52. The first-order chi connectivity index (χ1) is 9.43. The van der Waals surface area contributed by atoms with Gasteiger partial charge >= 0.3 is 0 Å². The molecule has 1 heterocycles. The summed E-state index contributed by atoms with van der Waals surface area (Å²) in [6.45, 7) is 2.24.